The van der Waals surface area contributed by atoms with E-state index in [1.807, 2.05) is 43.1 Å². The van der Waals surface area contributed by atoms with E-state index in [2.05, 4.69) is 0 Å². The van der Waals surface area contributed by atoms with E-state index in [9.17, 15) is 8.78 Å². The van der Waals surface area contributed by atoms with Crippen LogP contribution in [-0.2, 0) is 0 Å². The Morgan fingerprint density at radius 2 is 1.80 bits per heavy atom. The summed E-state index contributed by atoms with van der Waals surface area (Å²) in [6, 6.07) is 11.5. The van der Waals surface area contributed by atoms with E-state index in [0.717, 1.165) is 17.3 Å². The van der Waals surface area contributed by atoms with Crippen LogP contribution in [0, 0.1) is 18.6 Å². The first-order valence-electron chi connectivity index (χ1n) is 6.48. The summed E-state index contributed by atoms with van der Waals surface area (Å²) in [6.45, 7) is 2.17. The molecule has 0 bridgehead atoms. The molecular formula is C16H18F2N2. The predicted molar refractivity (Wildman–Crippen MR) is 77.7 cm³/mol. The fraction of sp³-hybridized carbons (Fsp3) is 0.250. The summed E-state index contributed by atoms with van der Waals surface area (Å²) >= 11 is 0. The normalized spacial score (nSPS) is 12.2. The molecule has 0 fully saturated rings. The highest BCUT2D eigenvalue weighted by atomic mass is 19.2. The van der Waals surface area contributed by atoms with Crippen LogP contribution >= 0.6 is 0 Å². The minimum atomic E-state index is -0.848. The van der Waals surface area contributed by atoms with Crippen molar-refractivity contribution in [3.05, 3.63) is 65.2 Å². The first-order valence-corrected chi connectivity index (χ1v) is 6.48. The van der Waals surface area contributed by atoms with Gasteiger partial charge in [-0.05, 0) is 24.6 Å². The molecule has 20 heavy (non-hydrogen) atoms. The Labute approximate surface area is 117 Å². The molecule has 2 nitrogen and oxygen atoms in total. The van der Waals surface area contributed by atoms with Gasteiger partial charge in [-0.1, -0.05) is 30.3 Å². The number of hydrogen-bond donors (Lipinski definition) is 1. The SMILES string of the molecule is Cc1ccccc1N(C)C(CN)c1cccc(F)c1F. The van der Waals surface area contributed by atoms with Crippen LogP contribution in [0.1, 0.15) is 17.2 Å². The van der Waals surface area contributed by atoms with Crippen LogP contribution in [0.3, 0.4) is 0 Å². The summed E-state index contributed by atoms with van der Waals surface area (Å²) in [6.07, 6.45) is 0. The lowest BCUT2D eigenvalue weighted by atomic mass is 10.0. The van der Waals surface area contributed by atoms with Crippen LogP contribution < -0.4 is 10.6 Å². The summed E-state index contributed by atoms with van der Waals surface area (Å²) < 4.78 is 27.3. The number of anilines is 1. The minimum absolute atomic E-state index is 0.200. The van der Waals surface area contributed by atoms with Crippen molar-refractivity contribution in [1.82, 2.24) is 0 Å². The molecule has 0 aliphatic heterocycles. The fourth-order valence-corrected chi connectivity index (χ4v) is 2.40. The number of rotatable bonds is 4. The van der Waals surface area contributed by atoms with Crippen LogP contribution in [0.25, 0.3) is 0 Å². The number of halogens is 2. The Morgan fingerprint density at radius 3 is 2.45 bits per heavy atom. The third kappa shape index (κ3) is 2.65. The second kappa shape index (κ2) is 6.01. The summed E-state index contributed by atoms with van der Waals surface area (Å²) in [7, 11) is 1.84. The summed E-state index contributed by atoms with van der Waals surface area (Å²) in [5, 5.41) is 0. The smallest absolute Gasteiger partial charge is 0.164 e. The number of likely N-dealkylation sites (N-methyl/N-ethyl adjacent to an activating group) is 1. The summed E-state index contributed by atoms with van der Waals surface area (Å²) in [5.74, 6) is -1.68. The van der Waals surface area contributed by atoms with E-state index in [1.165, 1.54) is 6.07 Å². The molecule has 2 aromatic carbocycles. The van der Waals surface area contributed by atoms with Crippen LogP contribution in [-0.4, -0.2) is 13.6 Å². The van der Waals surface area contributed by atoms with Crippen molar-refractivity contribution in [2.75, 3.05) is 18.5 Å². The molecular weight excluding hydrogens is 258 g/mol. The molecule has 0 aromatic heterocycles. The van der Waals surface area contributed by atoms with Gasteiger partial charge in [0.15, 0.2) is 11.6 Å². The molecule has 0 aliphatic carbocycles. The molecule has 4 heteroatoms. The highest BCUT2D eigenvalue weighted by molar-refractivity contribution is 5.54. The van der Waals surface area contributed by atoms with Gasteiger partial charge in [-0.25, -0.2) is 8.78 Å². The quantitative estimate of drug-likeness (QED) is 0.927. The van der Waals surface area contributed by atoms with Crippen molar-refractivity contribution in [3.8, 4) is 0 Å². The molecule has 1 atom stereocenters. The van der Waals surface area contributed by atoms with E-state index in [4.69, 9.17) is 5.73 Å². The van der Waals surface area contributed by atoms with E-state index in [0.29, 0.717) is 0 Å². The largest absolute Gasteiger partial charge is 0.366 e. The highest BCUT2D eigenvalue weighted by Crippen LogP contribution is 2.29. The molecule has 2 N–H and O–H groups in total. The predicted octanol–water partition coefficient (Wildman–Crippen LogP) is 3.41. The van der Waals surface area contributed by atoms with Crippen molar-refractivity contribution in [3.63, 3.8) is 0 Å². The van der Waals surface area contributed by atoms with Gasteiger partial charge in [-0.3, -0.25) is 0 Å². The number of hydrogen-bond acceptors (Lipinski definition) is 2. The molecule has 0 amide bonds. The van der Waals surface area contributed by atoms with Gasteiger partial charge in [0.2, 0.25) is 0 Å². The molecule has 2 aromatic rings. The standard InChI is InChI=1S/C16H18F2N2/c1-11-6-3-4-9-14(11)20(2)15(10-19)12-7-5-8-13(17)16(12)18/h3-9,15H,10,19H2,1-2H3. The zero-order chi connectivity index (χ0) is 14.7. The fourth-order valence-electron chi connectivity index (χ4n) is 2.40. The Morgan fingerprint density at radius 1 is 1.10 bits per heavy atom. The van der Waals surface area contributed by atoms with Crippen molar-refractivity contribution in [2.24, 2.45) is 5.73 Å². The van der Waals surface area contributed by atoms with Gasteiger partial charge in [0.05, 0.1) is 6.04 Å². The molecule has 0 radical (unpaired) electrons. The summed E-state index contributed by atoms with van der Waals surface area (Å²) in [5.41, 5.74) is 8.07. The number of nitrogens with two attached hydrogens (primary N) is 1. The van der Waals surface area contributed by atoms with Crippen molar-refractivity contribution in [1.29, 1.82) is 0 Å². The Bertz CT molecular complexity index is 599. The van der Waals surface area contributed by atoms with Crippen molar-refractivity contribution < 1.29 is 8.78 Å². The molecule has 1 unspecified atom stereocenters. The van der Waals surface area contributed by atoms with E-state index in [-0.39, 0.29) is 12.1 Å². The zero-order valence-electron chi connectivity index (χ0n) is 11.6. The third-order valence-corrected chi connectivity index (χ3v) is 3.53. The topological polar surface area (TPSA) is 29.3 Å². The average molecular weight is 276 g/mol. The van der Waals surface area contributed by atoms with Crippen LogP contribution in [0.4, 0.5) is 14.5 Å². The maximum Gasteiger partial charge on any atom is 0.164 e. The van der Waals surface area contributed by atoms with Crippen molar-refractivity contribution >= 4 is 5.69 Å². The number of nitrogens with zero attached hydrogens (tertiary/aromatic N) is 1. The van der Waals surface area contributed by atoms with Gasteiger partial charge in [0, 0.05) is 24.8 Å². The lowest BCUT2D eigenvalue weighted by Crippen LogP contribution is -2.31. The van der Waals surface area contributed by atoms with E-state index in [1.54, 1.807) is 6.07 Å². The Hall–Kier alpha value is -1.94. The molecule has 106 valence electrons. The molecule has 0 aliphatic rings. The van der Waals surface area contributed by atoms with Gasteiger partial charge in [-0.15, -0.1) is 0 Å². The lowest BCUT2D eigenvalue weighted by Gasteiger charge is -2.31. The van der Waals surface area contributed by atoms with Crippen LogP contribution in [0.5, 0.6) is 0 Å². The second-order valence-electron chi connectivity index (χ2n) is 4.79. The van der Waals surface area contributed by atoms with E-state index >= 15 is 0 Å². The first kappa shape index (κ1) is 14.5. The molecule has 0 saturated carbocycles. The van der Waals surface area contributed by atoms with Crippen LogP contribution in [0.2, 0.25) is 0 Å². The van der Waals surface area contributed by atoms with Gasteiger partial charge >= 0.3 is 0 Å². The van der Waals surface area contributed by atoms with E-state index < -0.39 is 17.7 Å². The number of benzene rings is 2. The minimum Gasteiger partial charge on any atom is -0.366 e. The van der Waals surface area contributed by atoms with Gasteiger partial charge < -0.3 is 10.6 Å². The second-order valence-corrected chi connectivity index (χ2v) is 4.79. The zero-order valence-corrected chi connectivity index (χ0v) is 11.6. The van der Waals surface area contributed by atoms with Gasteiger partial charge in [0.25, 0.3) is 0 Å². The third-order valence-electron chi connectivity index (χ3n) is 3.53. The average Bonchev–Trinajstić information content (AvgIpc) is 2.44. The van der Waals surface area contributed by atoms with Crippen LogP contribution in [0.15, 0.2) is 42.5 Å². The first-order chi connectivity index (χ1) is 9.56. The van der Waals surface area contributed by atoms with Gasteiger partial charge in [-0.2, -0.15) is 0 Å². The Balaban J connectivity index is 2.42. The Kier molecular flexibility index (Phi) is 4.35. The van der Waals surface area contributed by atoms with Crippen molar-refractivity contribution in [2.45, 2.75) is 13.0 Å². The molecule has 0 saturated heterocycles. The maximum absolute atomic E-state index is 14.0. The maximum atomic E-state index is 14.0. The number of para-hydroxylation sites is 1. The van der Waals surface area contributed by atoms with Gasteiger partial charge in [0.1, 0.15) is 0 Å². The molecule has 2 rings (SSSR count). The monoisotopic (exact) mass is 276 g/mol. The summed E-state index contributed by atoms with van der Waals surface area (Å²) in [4.78, 5) is 1.88. The lowest BCUT2D eigenvalue weighted by molar-refractivity contribution is 0.486. The molecule has 0 heterocycles. The highest BCUT2D eigenvalue weighted by Gasteiger charge is 2.22. The molecule has 0 spiro atoms. The number of aryl methyl sites for hydroxylation is 1.